The van der Waals surface area contributed by atoms with Gasteiger partial charge >= 0.3 is 11.9 Å². The van der Waals surface area contributed by atoms with Crippen molar-refractivity contribution >= 4 is 23.8 Å². The highest BCUT2D eigenvalue weighted by atomic mass is 16.6. The largest absolute Gasteiger partial charge is 0.461 e. The van der Waals surface area contributed by atoms with Crippen LogP contribution in [0.4, 0.5) is 0 Å². The topological polar surface area (TPSA) is 105 Å². The molecule has 2 saturated heterocycles. The minimum absolute atomic E-state index is 0.0407. The second-order valence-electron chi connectivity index (χ2n) is 11.8. The molecule has 2 aromatic carbocycles. The summed E-state index contributed by atoms with van der Waals surface area (Å²) in [6.07, 6.45) is 1.47. The van der Waals surface area contributed by atoms with Crippen LogP contribution in [0.15, 0.2) is 60.7 Å². The van der Waals surface area contributed by atoms with E-state index in [1.165, 1.54) is 10.5 Å². The van der Waals surface area contributed by atoms with Crippen LogP contribution < -0.4 is 5.32 Å². The van der Waals surface area contributed by atoms with Gasteiger partial charge in [-0.15, -0.1) is 0 Å². The molecule has 1 N–H and O–H groups in total. The highest BCUT2D eigenvalue weighted by Crippen LogP contribution is 2.34. The molecule has 1 unspecified atom stereocenters. The molecule has 2 amide bonds. The van der Waals surface area contributed by atoms with Crippen molar-refractivity contribution in [3.8, 4) is 0 Å². The van der Waals surface area contributed by atoms with E-state index in [1.807, 2.05) is 48.5 Å². The summed E-state index contributed by atoms with van der Waals surface area (Å²) in [4.78, 5) is 56.5. The zero-order valence-electron chi connectivity index (χ0n) is 24.3. The number of esters is 2. The predicted octanol–water partition coefficient (Wildman–Crippen LogP) is 3.26. The minimum atomic E-state index is -1.08. The quantitative estimate of drug-likeness (QED) is 0.443. The molecule has 2 fully saturated rings. The Morgan fingerprint density at radius 2 is 1.51 bits per heavy atom. The Morgan fingerprint density at radius 1 is 0.902 bits per heavy atom. The number of carbonyl (C=O) groups is 4. The van der Waals surface area contributed by atoms with Gasteiger partial charge in [0.1, 0.15) is 23.8 Å². The van der Waals surface area contributed by atoms with Crippen LogP contribution in [0.1, 0.15) is 57.6 Å². The highest BCUT2D eigenvalue weighted by molar-refractivity contribution is 6.01. The number of nitrogens with zero attached hydrogens (tertiary/aromatic N) is 2. The van der Waals surface area contributed by atoms with Crippen molar-refractivity contribution < 1.29 is 28.7 Å². The average molecular weight is 564 g/mol. The Hall–Kier alpha value is -3.72. The maximum atomic E-state index is 13.8. The lowest BCUT2D eigenvalue weighted by Crippen LogP contribution is -2.73. The molecular formula is C32H41N3O6. The van der Waals surface area contributed by atoms with Gasteiger partial charge in [-0.25, -0.2) is 0 Å². The van der Waals surface area contributed by atoms with E-state index in [2.05, 4.69) is 22.3 Å². The fourth-order valence-electron chi connectivity index (χ4n) is 5.47. The second-order valence-corrected chi connectivity index (χ2v) is 11.8. The van der Waals surface area contributed by atoms with Gasteiger partial charge in [-0.05, 0) is 51.2 Å². The molecule has 0 radical (unpaired) electrons. The average Bonchev–Trinajstić information content (AvgIpc) is 2.94. The molecule has 1 atom stereocenters. The van der Waals surface area contributed by atoms with Gasteiger partial charge in [0, 0.05) is 26.2 Å². The van der Waals surface area contributed by atoms with Crippen LogP contribution in [-0.4, -0.2) is 76.9 Å². The molecule has 1 spiro atoms. The summed E-state index contributed by atoms with van der Waals surface area (Å²) in [5.41, 5.74) is 0.344. The number of hydrogen-bond acceptors (Lipinski definition) is 7. The van der Waals surface area contributed by atoms with E-state index in [1.54, 1.807) is 20.8 Å². The third-order valence-corrected chi connectivity index (χ3v) is 7.62. The van der Waals surface area contributed by atoms with Gasteiger partial charge in [0.15, 0.2) is 0 Å². The molecule has 9 nitrogen and oxygen atoms in total. The predicted molar refractivity (Wildman–Crippen MR) is 154 cm³/mol. The molecule has 41 heavy (non-hydrogen) atoms. The van der Waals surface area contributed by atoms with Crippen LogP contribution in [0, 0.1) is 0 Å². The Morgan fingerprint density at radius 3 is 2.12 bits per heavy atom. The van der Waals surface area contributed by atoms with Gasteiger partial charge in [0.2, 0.25) is 11.8 Å². The first-order valence-corrected chi connectivity index (χ1v) is 14.4. The number of ether oxygens (including phenoxy) is 2. The lowest BCUT2D eigenvalue weighted by Gasteiger charge is -2.51. The van der Waals surface area contributed by atoms with E-state index in [4.69, 9.17) is 9.47 Å². The number of piperazine rings is 1. The minimum Gasteiger partial charge on any atom is -0.461 e. The number of carbonyl (C=O) groups excluding carboxylic acids is 4. The smallest absolute Gasteiger partial charge is 0.308 e. The van der Waals surface area contributed by atoms with Gasteiger partial charge in [0.25, 0.3) is 0 Å². The normalized spacial score (nSPS) is 19.1. The van der Waals surface area contributed by atoms with Gasteiger partial charge < -0.3 is 24.6 Å². The van der Waals surface area contributed by atoms with Crippen LogP contribution in [0.5, 0.6) is 0 Å². The van der Waals surface area contributed by atoms with Gasteiger partial charge in [-0.3, -0.25) is 19.2 Å². The van der Waals surface area contributed by atoms with E-state index >= 15 is 0 Å². The Balaban J connectivity index is 1.42. The Bertz CT molecular complexity index is 1200. The Labute approximate surface area is 242 Å². The molecule has 2 heterocycles. The van der Waals surface area contributed by atoms with E-state index in [0.29, 0.717) is 25.9 Å². The van der Waals surface area contributed by atoms with Crippen molar-refractivity contribution in [1.29, 1.82) is 0 Å². The van der Waals surface area contributed by atoms with Gasteiger partial charge in [-0.1, -0.05) is 60.7 Å². The maximum absolute atomic E-state index is 13.8. The summed E-state index contributed by atoms with van der Waals surface area (Å²) >= 11 is 0. The molecule has 220 valence electrons. The molecule has 9 heteroatoms. The maximum Gasteiger partial charge on any atom is 0.308 e. The molecule has 0 aliphatic carbocycles. The fourth-order valence-corrected chi connectivity index (χ4v) is 5.47. The monoisotopic (exact) mass is 563 g/mol. The van der Waals surface area contributed by atoms with Crippen LogP contribution in [0.25, 0.3) is 0 Å². The molecule has 2 aliphatic heterocycles. The lowest BCUT2D eigenvalue weighted by molar-refractivity contribution is -0.166. The number of piperidine rings is 1. The Kier molecular flexibility index (Phi) is 9.81. The zero-order valence-corrected chi connectivity index (χ0v) is 24.3. The van der Waals surface area contributed by atoms with Crippen LogP contribution in [-0.2, 0) is 41.7 Å². The van der Waals surface area contributed by atoms with E-state index in [-0.39, 0.29) is 37.8 Å². The molecule has 0 aromatic heterocycles. The fraction of sp³-hybridized carbons (Fsp3) is 0.500. The number of benzene rings is 2. The second kappa shape index (κ2) is 13.3. The zero-order chi connectivity index (χ0) is 29.5. The number of nitrogens with one attached hydrogen (secondary N) is 1. The van der Waals surface area contributed by atoms with Crippen LogP contribution >= 0.6 is 0 Å². The van der Waals surface area contributed by atoms with Crippen molar-refractivity contribution in [2.75, 3.05) is 26.2 Å². The van der Waals surface area contributed by atoms with E-state index in [0.717, 1.165) is 18.5 Å². The van der Waals surface area contributed by atoms with E-state index in [9.17, 15) is 19.2 Å². The third kappa shape index (κ3) is 8.16. The number of hydrogen-bond donors (Lipinski definition) is 1. The highest BCUT2D eigenvalue weighted by Gasteiger charge is 2.53. The molecule has 2 aliphatic rings. The number of rotatable bonds is 10. The first-order valence-electron chi connectivity index (χ1n) is 14.4. The molecule has 0 bridgehead atoms. The third-order valence-electron chi connectivity index (χ3n) is 7.62. The molecule has 2 aromatic rings. The standard InChI is InChI=1S/C32H41N3O6/c1-31(2,3)41-27(36)15-19-35-29(38)26(22-28(37)40-23-25-12-8-5-9-13-25)33-30(39)32(35)16-20-34(21-17-32)18-14-24-10-6-4-7-11-24/h4-13,26H,14-23H2,1-3H3,(H,33,39). The number of amides is 2. The van der Waals surface area contributed by atoms with Crippen molar-refractivity contribution in [2.45, 2.75) is 76.7 Å². The summed E-state index contributed by atoms with van der Waals surface area (Å²) in [6, 6.07) is 18.4. The molecular weight excluding hydrogens is 522 g/mol. The van der Waals surface area contributed by atoms with Crippen LogP contribution in [0.3, 0.4) is 0 Å². The summed E-state index contributed by atoms with van der Waals surface area (Å²) in [7, 11) is 0. The SMILES string of the molecule is CC(C)(C)OC(=O)CCN1C(=O)C(CC(=O)OCc2ccccc2)NC(=O)C12CCN(CCc1ccccc1)CC2. The van der Waals surface area contributed by atoms with Crippen LogP contribution in [0.2, 0.25) is 0 Å². The van der Waals surface area contributed by atoms with Crippen molar-refractivity contribution in [2.24, 2.45) is 0 Å². The first-order chi connectivity index (χ1) is 19.6. The first kappa shape index (κ1) is 30.2. The molecule has 0 saturated carbocycles. The van der Waals surface area contributed by atoms with E-state index < -0.39 is 29.1 Å². The summed E-state index contributed by atoms with van der Waals surface area (Å²) in [5, 5.41) is 2.82. The summed E-state index contributed by atoms with van der Waals surface area (Å²) in [5.74, 6) is -1.68. The van der Waals surface area contributed by atoms with Crippen molar-refractivity contribution in [3.63, 3.8) is 0 Å². The molecule has 4 rings (SSSR count). The van der Waals surface area contributed by atoms with Crippen molar-refractivity contribution in [1.82, 2.24) is 15.1 Å². The lowest BCUT2D eigenvalue weighted by atomic mass is 9.81. The number of likely N-dealkylation sites (tertiary alicyclic amines) is 1. The van der Waals surface area contributed by atoms with Gasteiger partial charge in [-0.2, -0.15) is 0 Å². The summed E-state index contributed by atoms with van der Waals surface area (Å²) in [6.45, 7) is 7.61. The van der Waals surface area contributed by atoms with Gasteiger partial charge in [0.05, 0.1) is 12.8 Å². The van der Waals surface area contributed by atoms with Crippen molar-refractivity contribution in [3.05, 3.63) is 71.8 Å². The summed E-state index contributed by atoms with van der Waals surface area (Å²) < 4.78 is 10.8.